The lowest BCUT2D eigenvalue weighted by Gasteiger charge is -2.22. The lowest BCUT2D eigenvalue weighted by Crippen LogP contribution is -2.47. The first kappa shape index (κ1) is 14.8. The molecule has 0 radical (unpaired) electrons. The Hall–Kier alpha value is -1.30. The van der Waals surface area contributed by atoms with Gasteiger partial charge in [-0.25, -0.2) is 4.79 Å². The highest BCUT2D eigenvalue weighted by molar-refractivity contribution is 5.83. The van der Waals surface area contributed by atoms with E-state index in [1.807, 2.05) is 27.7 Å². The number of ether oxygens (including phenoxy) is 1. The van der Waals surface area contributed by atoms with Gasteiger partial charge in [-0.3, -0.25) is 4.79 Å². The fourth-order valence-corrected chi connectivity index (χ4v) is 1.71. The molecule has 1 heterocycles. The van der Waals surface area contributed by atoms with Crippen molar-refractivity contribution in [2.24, 2.45) is 0 Å². The summed E-state index contributed by atoms with van der Waals surface area (Å²) < 4.78 is 5.12. The van der Waals surface area contributed by atoms with Crippen LogP contribution in [0.25, 0.3) is 0 Å². The Morgan fingerprint density at radius 3 is 2.72 bits per heavy atom. The lowest BCUT2D eigenvalue weighted by molar-refractivity contribution is -0.121. The topological polar surface area (TPSA) is 79.5 Å². The Kier molecular flexibility index (Phi) is 4.95. The van der Waals surface area contributed by atoms with Crippen LogP contribution in [0.2, 0.25) is 0 Å². The van der Waals surface area contributed by atoms with Crippen molar-refractivity contribution in [1.29, 1.82) is 0 Å². The number of nitrogens with one attached hydrogen (secondary N) is 3. The van der Waals surface area contributed by atoms with Crippen LogP contribution in [0.1, 0.15) is 34.1 Å². The number of carbonyl (C=O) groups is 2. The summed E-state index contributed by atoms with van der Waals surface area (Å²) >= 11 is 0. The number of hydrogen-bond donors (Lipinski definition) is 3. The molecule has 0 aromatic carbocycles. The van der Waals surface area contributed by atoms with Crippen LogP contribution in [0, 0.1) is 0 Å². The molecular formula is C12H23N3O3. The van der Waals surface area contributed by atoms with Gasteiger partial charge in [0.15, 0.2) is 0 Å². The molecule has 1 aliphatic rings. The first-order valence-electron chi connectivity index (χ1n) is 6.28. The van der Waals surface area contributed by atoms with E-state index in [1.165, 1.54) is 0 Å². The van der Waals surface area contributed by atoms with Crippen LogP contribution in [-0.2, 0) is 9.53 Å². The summed E-state index contributed by atoms with van der Waals surface area (Å²) in [6.45, 7) is 8.51. The molecular weight excluding hydrogens is 234 g/mol. The number of hydrogen-bond acceptors (Lipinski definition) is 4. The van der Waals surface area contributed by atoms with E-state index in [9.17, 15) is 9.59 Å². The van der Waals surface area contributed by atoms with Gasteiger partial charge in [0.05, 0.1) is 6.04 Å². The van der Waals surface area contributed by atoms with E-state index in [1.54, 1.807) is 0 Å². The summed E-state index contributed by atoms with van der Waals surface area (Å²) in [6, 6.07) is -0.133. The summed E-state index contributed by atoms with van der Waals surface area (Å²) in [7, 11) is 0. The van der Waals surface area contributed by atoms with E-state index in [4.69, 9.17) is 4.74 Å². The second kappa shape index (κ2) is 6.04. The molecule has 0 spiro atoms. The highest BCUT2D eigenvalue weighted by atomic mass is 16.6. The number of carbonyl (C=O) groups excluding carboxylic acids is 2. The Morgan fingerprint density at radius 1 is 1.56 bits per heavy atom. The second-order valence-electron chi connectivity index (χ2n) is 5.58. The van der Waals surface area contributed by atoms with Crippen molar-refractivity contribution < 1.29 is 14.3 Å². The predicted octanol–water partition coefficient (Wildman–Crippen LogP) is 0.378. The van der Waals surface area contributed by atoms with Gasteiger partial charge in [-0.2, -0.15) is 0 Å². The van der Waals surface area contributed by atoms with Crippen molar-refractivity contribution in [3.05, 3.63) is 0 Å². The maximum atomic E-state index is 11.4. The minimum atomic E-state index is -0.494. The SMILES string of the molecule is CC(CNC(=O)OC(C)(C)C)N[C@@H]1CCNC1=O. The summed E-state index contributed by atoms with van der Waals surface area (Å²) in [6.07, 6.45) is 0.349. The molecule has 1 aliphatic heterocycles. The molecule has 1 unspecified atom stereocenters. The molecule has 3 N–H and O–H groups in total. The summed E-state index contributed by atoms with van der Waals surface area (Å²) in [5, 5.41) is 8.59. The molecule has 0 saturated carbocycles. The van der Waals surface area contributed by atoms with Crippen molar-refractivity contribution in [2.45, 2.75) is 51.8 Å². The third kappa shape index (κ3) is 5.35. The van der Waals surface area contributed by atoms with Gasteiger partial charge in [0.2, 0.25) is 5.91 Å². The molecule has 0 aromatic rings. The van der Waals surface area contributed by atoms with E-state index in [-0.39, 0.29) is 18.0 Å². The van der Waals surface area contributed by atoms with Gasteiger partial charge in [-0.15, -0.1) is 0 Å². The molecule has 1 fully saturated rings. The largest absolute Gasteiger partial charge is 0.444 e. The third-order valence-corrected chi connectivity index (χ3v) is 2.49. The van der Waals surface area contributed by atoms with Gasteiger partial charge < -0.3 is 20.7 Å². The Morgan fingerprint density at radius 2 is 2.22 bits per heavy atom. The summed E-state index contributed by atoms with van der Waals surface area (Å²) in [5.41, 5.74) is -0.494. The first-order chi connectivity index (χ1) is 8.28. The molecule has 2 amide bonds. The normalized spacial score (nSPS) is 21.3. The maximum Gasteiger partial charge on any atom is 0.407 e. The highest BCUT2D eigenvalue weighted by Crippen LogP contribution is 2.06. The van der Waals surface area contributed by atoms with Gasteiger partial charge >= 0.3 is 6.09 Å². The van der Waals surface area contributed by atoms with Crippen LogP contribution in [0.3, 0.4) is 0 Å². The van der Waals surface area contributed by atoms with Crippen LogP contribution in [-0.4, -0.2) is 42.8 Å². The van der Waals surface area contributed by atoms with E-state index < -0.39 is 11.7 Å². The lowest BCUT2D eigenvalue weighted by atomic mass is 10.2. The molecule has 6 heteroatoms. The fraction of sp³-hybridized carbons (Fsp3) is 0.833. The third-order valence-electron chi connectivity index (χ3n) is 2.49. The number of alkyl carbamates (subject to hydrolysis) is 1. The van der Waals surface area contributed by atoms with Crippen molar-refractivity contribution in [2.75, 3.05) is 13.1 Å². The minimum Gasteiger partial charge on any atom is -0.444 e. The van der Waals surface area contributed by atoms with Gasteiger partial charge in [0, 0.05) is 19.1 Å². The van der Waals surface area contributed by atoms with Gasteiger partial charge in [-0.05, 0) is 34.1 Å². The first-order valence-corrected chi connectivity index (χ1v) is 6.28. The molecule has 6 nitrogen and oxygen atoms in total. The quantitative estimate of drug-likeness (QED) is 0.680. The second-order valence-corrected chi connectivity index (χ2v) is 5.58. The molecule has 0 aromatic heterocycles. The van der Waals surface area contributed by atoms with E-state index >= 15 is 0 Å². The highest BCUT2D eigenvalue weighted by Gasteiger charge is 2.25. The van der Waals surface area contributed by atoms with Gasteiger partial charge in [0.25, 0.3) is 0 Å². The van der Waals surface area contributed by atoms with Crippen molar-refractivity contribution in [3.8, 4) is 0 Å². The van der Waals surface area contributed by atoms with Gasteiger partial charge in [0.1, 0.15) is 5.60 Å². The van der Waals surface area contributed by atoms with Crippen LogP contribution in [0.4, 0.5) is 4.79 Å². The molecule has 0 bridgehead atoms. The maximum absolute atomic E-state index is 11.4. The van der Waals surface area contributed by atoms with Crippen molar-refractivity contribution in [1.82, 2.24) is 16.0 Å². The smallest absolute Gasteiger partial charge is 0.407 e. The van der Waals surface area contributed by atoms with Crippen LogP contribution < -0.4 is 16.0 Å². The Bertz CT molecular complexity index is 312. The standard InChI is InChI=1S/C12H23N3O3/c1-8(15-9-5-6-13-10(9)16)7-14-11(17)18-12(2,3)4/h8-9,15H,5-7H2,1-4H3,(H,13,16)(H,14,17)/t8?,9-/m1/s1. The van der Waals surface area contributed by atoms with Gasteiger partial charge in [-0.1, -0.05) is 0 Å². The zero-order valence-electron chi connectivity index (χ0n) is 11.5. The minimum absolute atomic E-state index is 0.0198. The van der Waals surface area contributed by atoms with Crippen molar-refractivity contribution >= 4 is 12.0 Å². The molecule has 1 saturated heterocycles. The predicted molar refractivity (Wildman–Crippen MR) is 68.2 cm³/mol. The zero-order valence-corrected chi connectivity index (χ0v) is 11.5. The number of amides is 2. The fourth-order valence-electron chi connectivity index (χ4n) is 1.71. The molecule has 1 rings (SSSR count). The molecule has 0 aliphatic carbocycles. The number of rotatable bonds is 4. The zero-order chi connectivity index (χ0) is 13.8. The average molecular weight is 257 g/mol. The monoisotopic (exact) mass is 257 g/mol. The van der Waals surface area contributed by atoms with Crippen LogP contribution in [0.15, 0.2) is 0 Å². The average Bonchev–Trinajstić information content (AvgIpc) is 2.59. The Labute approximate surface area is 108 Å². The van der Waals surface area contributed by atoms with E-state index in [0.29, 0.717) is 13.1 Å². The van der Waals surface area contributed by atoms with Crippen LogP contribution in [0.5, 0.6) is 0 Å². The molecule has 104 valence electrons. The molecule has 2 atom stereocenters. The van der Waals surface area contributed by atoms with Crippen LogP contribution >= 0.6 is 0 Å². The summed E-state index contributed by atoms with van der Waals surface area (Å²) in [5.74, 6) is 0.0270. The molecule has 18 heavy (non-hydrogen) atoms. The Balaban J connectivity index is 2.22. The summed E-state index contributed by atoms with van der Waals surface area (Å²) in [4.78, 5) is 22.8. The van der Waals surface area contributed by atoms with E-state index in [0.717, 1.165) is 6.42 Å². The van der Waals surface area contributed by atoms with E-state index in [2.05, 4.69) is 16.0 Å². The van der Waals surface area contributed by atoms with Crippen molar-refractivity contribution in [3.63, 3.8) is 0 Å².